The first kappa shape index (κ1) is 87.0. The molecule has 6 fully saturated rings. The van der Waals surface area contributed by atoms with Crippen molar-refractivity contribution in [3.8, 4) is 0 Å². The molecule has 0 spiro atoms. The van der Waals surface area contributed by atoms with Crippen LogP contribution in [0.4, 0.5) is 35.1 Å². The molecular formula is C76H106F8N12O14. The molecular weight excluding hydrogens is 1460 g/mol. The number of hydrogen-bond donors (Lipinski definition) is 4. The van der Waals surface area contributed by atoms with Gasteiger partial charge in [-0.05, 0) is 119 Å². The molecule has 0 unspecified atom stereocenters. The van der Waals surface area contributed by atoms with Crippen LogP contribution in [0.1, 0.15) is 166 Å². The molecule has 5 saturated heterocycles. The van der Waals surface area contributed by atoms with Gasteiger partial charge in [-0.2, -0.15) is 26.3 Å². The molecule has 2 aromatic rings. The number of carbonyl (C=O) groups is 12. The van der Waals surface area contributed by atoms with Gasteiger partial charge in [-0.1, -0.05) is 77.3 Å². The molecule has 11 atom stereocenters. The summed E-state index contributed by atoms with van der Waals surface area (Å²) in [6, 6.07) is -7.30. The van der Waals surface area contributed by atoms with Crippen molar-refractivity contribution >= 4 is 70.9 Å². The zero-order valence-electron chi connectivity index (χ0n) is 64.1. The van der Waals surface area contributed by atoms with Crippen LogP contribution >= 0.6 is 0 Å². The standard InChI is InChI=1S/C76H106F8N12O14/c1-10-45(3)63-71(106)90(6)44-60(98)85-53-23-18-20-32-95(67(53)102)58(39-46-25-28-49(29-26-46)75(79,80)81)69(104)89(5)43-59(97)86-54(30-27-47-37-51(77)62(52(78)38-47)76(82,83)84)68(103)96-42-50(110-11-2)40-56(96)66(101)88-74(4)31-19-14-12-13-15-24-55(65(100)87-63)91(7)61(99)41-57(70(105)94-33-35-109-36-34-94)92(8)72(107)64(93(9)73(74)108)48-21-16-17-22-48/h25-26,28-29,37-38,45,48,50,53-58,63-64H,10-24,27,30-36,39-44H2,1-9H3,(H,85,98)(H,86,97)(H,87,100)(H,88,101)/t45-,50+,53-,54-,55-,56-,57-,58-,63-,64-,74-/m0/s1. The van der Waals surface area contributed by atoms with Gasteiger partial charge in [0.25, 0.3) is 0 Å². The number of carbonyl (C=O) groups excluding carboxylic acids is 12. The Morgan fingerprint density at radius 1 is 0.636 bits per heavy atom. The predicted molar refractivity (Wildman–Crippen MR) is 383 cm³/mol. The number of hydrogen-bond acceptors (Lipinski definition) is 14. The van der Waals surface area contributed by atoms with Crippen molar-refractivity contribution in [2.45, 2.75) is 228 Å². The quantitative estimate of drug-likeness (QED) is 0.201. The third-order valence-electron chi connectivity index (χ3n) is 22.5. The maximum absolute atomic E-state index is 15.9. The molecule has 1 aliphatic carbocycles. The number of aryl methyl sites for hydroxylation is 1. The molecule has 12 amide bonds. The van der Waals surface area contributed by atoms with Crippen LogP contribution in [0.5, 0.6) is 0 Å². The van der Waals surface area contributed by atoms with E-state index in [1.54, 1.807) is 20.8 Å². The Labute approximate surface area is 636 Å². The van der Waals surface area contributed by atoms with Crippen molar-refractivity contribution in [3.63, 3.8) is 0 Å². The number of nitrogens with one attached hydrogen (secondary N) is 4. The van der Waals surface area contributed by atoms with E-state index in [9.17, 15) is 40.7 Å². The van der Waals surface area contributed by atoms with Gasteiger partial charge in [0.1, 0.15) is 71.1 Å². The summed E-state index contributed by atoms with van der Waals surface area (Å²) in [6.07, 6.45) is -8.91. The summed E-state index contributed by atoms with van der Waals surface area (Å²) in [7, 11) is 6.61. The maximum Gasteiger partial charge on any atom is 0.422 e. The monoisotopic (exact) mass is 1560 g/mol. The van der Waals surface area contributed by atoms with E-state index >= 15 is 51.9 Å². The average molecular weight is 1560 g/mol. The minimum atomic E-state index is -5.46. The smallest absolute Gasteiger partial charge is 0.378 e. The Morgan fingerprint density at radius 3 is 1.85 bits per heavy atom. The van der Waals surface area contributed by atoms with Crippen LogP contribution in [0.2, 0.25) is 0 Å². The minimum Gasteiger partial charge on any atom is -0.378 e. The van der Waals surface area contributed by atoms with Gasteiger partial charge in [-0.3, -0.25) is 57.5 Å². The van der Waals surface area contributed by atoms with Gasteiger partial charge in [0.2, 0.25) is 70.9 Å². The fourth-order valence-corrected chi connectivity index (χ4v) is 16.0. The third kappa shape index (κ3) is 21.6. The van der Waals surface area contributed by atoms with Crippen LogP contribution in [0.15, 0.2) is 36.4 Å². The fourth-order valence-electron chi connectivity index (χ4n) is 16.0. The molecule has 5 aliphatic heterocycles. The van der Waals surface area contributed by atoms with E-state index in [0.717, 1.165) is 55.8 Å². The molecule has 1 saturated carbocycles. The largest absolute Gasteiger partial charge is 0.422 e. The topological polar surface area (TPSA) is 297 Å². The van der Waals surface area contributed by atoms with Crippen LogP contribution in [0.25, 0.3) is 0 Å². The highest BCUT2D eigenvalue weighted by Crippen LogP contribution is 2.37. The zero-order valence-corrected chi connectivity index (χ0v) is 64.1. The van der Waals surface area contributed by atoms with E-state index in [1.807, 2.05) is 0 Å². The van der Waals surface area contributed by atoms with E-state index in [4.69, 9.17) is 9.47 Å². The summed E-state index contributed by atoms with van der Waals surface area (Å²) >= 11 is 0. The van der Waals surface area contributed by atoms with Gasteiger partial charge in [0.15, 0.2) is 0 Å². The van der Waals surface area contributed by atoms with Gasteiger partial charge in [-0.25, -0.2) is 8.78 Å². The highest BCUT2D eigenvalue weighted by atomic mass is 19.4. The van der Waals surface area contributed by atoms with Gasteiger partial charge in [-0.15, -0.1) is 0 Å². The highest BCUT2D eigenvalue weighted by molar-refractivity contribution is 6.01. The second kappa shape index (κ2) is 38.1. The van der Waals surface area contributed by atoms with Gasteiger partial charge in [0, 0.05) is 80.9 Å². The summed E-state index contributed by atoms with van der Waals surface area (Å²) < 4.78 is 126. The number of fused-ring (bicyclic) bond motifs is 11. The Kier molecular flexibility index (Phi) is 30.1. The first-order valence-electron chi connectivity index (χ1n) is 38.2. The van der Waals surface area contributed by atoms with Crippen molar-refractivity contribution in [2.24, 2.45) is 11.8 Å². The first-order chi connectivity index (χ1) is 51.9. The summed E-state index contributed by atoms with van der Waals surface area (Å²) in [4.78, 5) is 191. The fraction of sp³-hybridized carbons (Fsp3) is 0.684. The molecule has 610 valence electrons. The Balaban J connectivity index is 1.25. The maximum atomic E-state index is 15.9. The van der Waals surface area contributed by atoms with Crippen molar-refractivity contribution < 1.29 is 102 Å². The minimum absolute atomic E-state index is 0.00609. The lowest BCUT2D eigenvalue weighted by molar-refractivity contribution is -0.157. The van der Waals surface area contributed by atoms with Crippen molar-refractivity contribution in [1.82, 2.24) is 60.5 Å². The Morgan fingerprint density at radius 2 is 1.24 bits per heavy atom. The molecule has 6 aliphatic rings. The molecule has 34 heteroatoms. The number of alkyl halides is 6. The number of benzene rings is 2. The van der Waals surface area contributed by atoms with Crippen LogP contribution < -0.4 is 21.3 Å². The molecule has 2 aromatic carbocycles. The van der Waals surface area contributed by atoms with Gasteiger partial charge in [0.05, 0.1) is 44.4 Å². The highest BCUT2D eigenvalue weighted by Gasteiger charge is 2.51. The zero-order chi connectivity index (χ0) is 80.9. The molecule has 26 nitrogen and oxygen atoms in total. The van der Waals surface area contributed by atoms with Crippen LogP contribution in [0.3, 0.4) is 0 Å². The van der Waals surface area contributed by atoms with Crippen molar-refractivity contribution in [1.29, 1.82) is 0 Å². The molecule has 8 rings (SSSR count). The molecule has 5 heterocycles. The van der Waals surface area contributed by atoms with E-state index in [1.165, 1.54) is 49.8 Å². The first-order valence-corrected chi connectivity index (χ1v) is 38.2. The Bertz CT molecular complexity index is 3630. The number of nitrogens with zero attached hydrogens (tertiary/aromatic N) is 8. The number of amides is 12. The second-order valence-electron chi connectivity index (χ2n) is 30.4. The summed E-state index contributed by atoms with van der Waals surface area (Å²) in [5.74, 6) is -15.1. The number of ether oxygens (including phenoxy) is 2. The lowest BCUT2D eigenvalue weighted by Gasteiger charge is -2.42. The van der Waals surface area contributed by atoms with Crippen molar-refractivity contribution in [2.75, 3.05) is 94.3 Å². The number of halogens is 8. The lowest BCUT2D eigenvalue weighted by Crippen LogP contribution is -2.65. The van der Waals surface area contributed by atoms with Crippen LogP contribution in [-0.4, -0.2) is 264 Å². The van der Waals surface area contributed by atoms with Crippen molar-refractivity contribution in [3.05, 3.63) is 70.3 Å². The summed E-state index contributed by atoms with van der Waals surface area (Å²) in [5, 5.41) is 11.1. The van der Waals surface area contributed by atoms with E-state index in [-0.39, 0.29) is 96.5 Å². The van der Waals surface area contributed by atoms with Gasteiger partial charge < -0.3 is 69.9 Å². The van der Waals surface area contributed by atoms with E-state index in [2.05, 4.69) is 21.3 Å². The number of rotatable bonds is 11. The SMILES string of the molecule is CCO[C@@H]1C[C@H]2C(=O)N[C@@]3(C)CCCCCCC[C@@H](C(=O)N[C@@H]([C@@H](C)CC)C(=O)N(C)CC(=O)N[C@H]4CCCCN(C4=O)[C@@H](Cc4ccc(C(F)(F)F)cc4)C(=O)N(C)CC(=O)N[C@@H](CCc4cc(F)c(C(F)(F)F)c(F)c4)C(=O)N2C1)N(C)C(=O)C[C@@H](C(=O)N1CCOCC1)N(C)C(=O)[C@H](C1CCCC1)N(C)C3=O. The number of likely N-dealkylation sites (N-methyl/N-ethyl adjacent to an activating group) is 5. The molecule has 0 aromatic heterocycles. The van der Waals surface area contributed by atoms with Crippen LogP contribution in [0, 0.1) is 23.5 Å². The molecule has 4 bridgehead atoms. The van der Waals surface area contributed by atoms with Crippen LogP contribution in [-0.2, 0) is 92.2 Å². The number of morpholine rings is 1. The molecule has 0 radical (unpaired) electrons. The predicted octanol–water partition coefficient (Wildman–Crippen LogP) is 5.54. The average Bonchev–Trinajstić information content (AvgIpc) is 1.43. The Hall–Kier alpha value is -8.56. The summed E-state index contributed by atoms with van der Waals surface area (Å²) in [5.41, 5.74) is -5.43. The normalized spacial score (nSPS) is 27.6. The van der Waals surface area contributed by atoms with Gasteiger partial charge >= 0.3 is 12.4 Å². The summed E-state index contributed by atoms with van der Waals surface area (Å²) in [6.45, 7) is 4.96. The van der Waals surface area contributed by atoms with E-state index < -0.39 is 222 Å². The molecule has 4 N–H and O–H groups in total. The molecule has 110 heavy (non-hydrogen) atoms. The second-order valence-corrected chi connectivity index (χ2v) is 30.4. The lowest BCUT2D eigenvalue weighted by atomic mass is 9.88. The third-order valence-corrected chi connectivity index (χ3v) is 22.5. The van der Waals surface area contributed by atoms with E-state index in [0.29, 0.717) is 69.9 Å².